The largest absolute Gasteiger partial charge is 0.446 e. The van der Waals surface area contributed by atoms with Gasteiger partial charge in [-0.2, -0.15) is 0 Å². The summed E-state index contributed by atoms with van der Waals surface area (Å²) < 4.78 is 0. The van der Waals surface area contributed by atoms with Crippen LogP contribution in [0.5, 0.6) is 0 Å². The molecule has 117 valence electrons. The van der Waals surface area contributed by atoms with Crippen molar-refractivity contribution in [2.45, 2.75) is 25.6 Å². The third-order valence-corrected chi connectivity index (χ3v) is 4.28. The van der Waals surface area contributed by atoms with E-state index in [2.05, 4.69) is 0 Å². The third-order valence-electron chi connectivity index (χ3n) is 4.02. The molecule has 2 nitrogen and oxygen atoms in total. The Labute approximate surface area is 168 Å². The van der Waals surface area contributed by atoms with Crippen LogP contribution in [0, 0.1) is 7.43 Å². The molecule has 0 spiro atoms. The van der Waals surface area contributed by atoms with Crippen molar-refractivity contribution in [1.82, 2.24) is 0 Å². The van der Waals surface area contributed by atoms with E-state index < -0.39 is 0 Å². The second-order valence-electron chi connectivity index (χ2n) is 5.55. The van der Waals surface area contributed by atoms with Crippen molar-refractivity contribution in [3.63, 3.8) is 0 Å². The second kappa shape index (κ2) is 9.13. The molecule has 0 saturated heterocycles. The van der Waals surface area contributed by atoms with Crippen LogP contribution in [0.15, 0.2) is 42.5 Å². The molecule has 5 heteroatoms. The van der Waals surface area contributed by atoms with E-state index in [-0.39, 0.29) is 52.8 Å². The van der Waals surface area contributed by atoms with Gasteiger partial charge in [-0.1, -0.05) is 41.8 Å². The summed E-state index contributed by atoms with van der Waals surface area (Å²) in [6, 6.07) is 13.0. The van der Waals surface area contributed by atoms with Crippen LogP contribution in [-0.4, -0.2) is 17.7 Å². The molecule has 0 amide bonds. The van der Waals surface area contributed by atoms with Crippen molar-refractivity contribution < 1.29 is 42.5 Å². The molecule has 1 aliphatic rings. The Morgan fingerprint density at radius 3 is 2.57 bits per heavy atom. The molecule has 0 aliphatic carbocycles. The Kier molecular flexibility index (Phi) is 8.16. The van der Waals surface area contributed by atoms with Crippen molar-refractivity contribution in [2.75, 3.05) is 0 Å². The third kappa shape index (κ3) is 5.00. The van der Waals surface area contributed by atoms with Crippen LogP contribution < -0.4 is 5.46 Å². The summed E-state index contributed by atoms with van der Waals surface area (Å²) in [6.45, 7) is -0.390. The molecule has 3 rings (SSSR count). The van der Waals surface area contributed by atoms with Crippen molar-refractivity contribution in [3.8, 4) is 0 Å². The molecule has 0 saturated carbocycles. The van der Waals surface area contributed by atoms with E-state index >= 15 is 0 Å². The summed E-state index contributed by atoms with van der Waals surface area (Å²) in [6.07, 6.45) is 3.19. The molecule has 2 aromatic rings. The zero-order valence-corrected chi connectivity index (χ0v) is 16.9. The van der Waals surface area contributed by atoms with Crippen LogP contribution in [0.25, 0.3) is 0 Å². The van der Waals surface area contributed by atoms with Crippen molar-refractivity contribution >= 4 is 29.8 Å². The Balaban J connectivity index is 0.00000132. The molecule has 0 bridgehead atoms. The standard InChI is InChI=1S/C17H16BClO2.CH3.Y/c19-15-7-5-14(6-8-15)17(20)11-12-3-4-13-2-1-9-18(21)16(13)10-12;;/h3-8,10,21H,1-2,9,11H2;1H3;/q;-1;. The second-order valence-corrected chi connectivity index (χ2v) is 5.98. The van der Waals surface area contributed by atoms with Gasteiger partial charge in [0.2, 0.25) is 0 Å². The van der Waals surface area contributed by atoms with Gasteiger partial charge < -0.3 is 12.5 Å². The Hall–Kier alpha value is -0.471. The molecule has 1 radical (unpaired) electrons. The zero-order valence-electron chi connectivity index (χ0n) is 13.3. The van der Waals surface area contributed by atoms with Gasteiger partial charge in [0, 0.05) is 49.7 Å². The van der Waals surface area contributed by atoms with Crippen LogP contribution in [0.4, 0.5) is 0 Å². The normalized spacial score (nSPS) is 12.7. The van der Waals surface area contributed by atoms with Crippen LogP contribution in [0.2, 0.25) is 11.3 Å². The average molecular weight is 403 g/mol. The van der Waals surface area contributed by atoms with E-state index in [1.54, 1.807) is 24.3 Å². The average Bonchev–Trinajstić information content (AvgIpc) is 2.49. The maximum atomic E-state index is 12.3. The maximum absolute atomic E-state index is 12.3. The number of carbonyl (C=O) groups excluding carboxylic acids is 1. The predicted molar refractivity (Wildman–Crippen MR) is 93.1 cm³/mol. The van der Waals surface area contributed by atoms with Crippen molar-refractivity contribution in [1.29, 1.82) is 0 Å². The summed E-state index contributed by atoms with van der Waals surface area (Å²) in [5, 5.41) is 10.7. The molecule has 0 aromatic heterocycles. The minimum atomic E-state index is -0.390. The first-order valence-corrected chi connectivity index (χ1v) is 7.60. The monoisotopic (exact) mass is 402 g/mol. The number of carbonyl (C=O) groups is 1. The molecular formula is C18H19BClO2Y-. The van der Waals surface area contributed by atoms with E-state index in [0.29, 0.717) is 17.0 Å². The molecule has 1 aliphatic heterocycles. The molecule has 0 atom stereocenters. The van der Waals surface area contributed by atoms with Crippen molar-refractivity contribution in [2.24, 2.45) is 0 Å². The summed E-state index contributed by atoms with van der Waals surface area (Å²) >= 11 is 5.83. The van der Waals surface area contributed by atoms with Crippen LogP contribution in [-0.2, 0) is 45.6 Å². The summed E-state index contributed by atoms with van der Waals surface area (Å²) in [5.74, 6) is 0.0666. The number of aryl methyl sites for hydroxylation is 1. The zero-order chi connectivity index (χ0) is 14.8. The summed E-state index contributed by atoms with van der Waals surface area (Å²) in [5.41, 5.74) is 3.81. The molecule has 0 fully saturated rings. The minimum absolute atomic E-state index is 0. The molecule has 1 N–H and O–H groups in total. The van der Waals surface area contributed by atoms with Gasteiger partial charge in [0.25, 0.3) is 0 Å². The molecule has 1 heterocycles. The van der Waals surface area contributed by atoms with Gasteiger partial charge >= 0.3 is 6.92 Å². The number of Topliss-reactive ketones (excluding diaryl/α,β-unsaturated/α-hetero) is 1. The quantitative estimate of drug-likeness (QED) is 0.486. The van der Waals surface area contributed by atoms with Gasteiger partial charge in [-0.15, -0.1) is 0 Å². The summed E-state index contributed by atoms with van der Waals surface area (Å²) in [4.78, 5) is 12.3. The maximum Gasteiger partial charge on any atom is 0.323 e. The van der Waals surface area contributed by atoms with Gasteiger partial charge in [-0.25, -0.2) is 0 Å². The number of fused-ring (bicyclic) bond motifs is 1. The topological polar surface area (TPSA) is 37.3 Å². The first-order chi connectivity index (χ1) is 10.1. The Morgan fingerprint density at radius 1 is 1.17 bits per heavy atom. The van der Waals surface area contributed by atoms with Gasteiger partial charge in [0.15, 0.2) is 5.78 Å². The molecule has 2 aromatic carbocycles. The van der Waals surface area contributed by atoms with E-state index in [4.69, 9.17) is 11.6 Å². The fraction of sp³-hybridized carbons (Fsp3) is 0.222. The fourth-order valence-corrected chi connectivity index (χ4v) is 2.98. The first kappa shape index (κ1) is 20.6. The van der Waals surface area contributed by atoms with Gasteiger partial charge in [0.1, 0.15) is 0 Å². The van der Waals surface area contributed by atoms with Gasteiger partial charge in [-0.3, -0.25) is 4.79 Å². The fourth-order valence-electron chi connectivity index (χ4n) is 2.86. The minimum Gasteiger partial charge on any atom is -0.446 e. The number of benzene rings is 2. The molecule has 23 heavy (non-hydrogen) atoms. The van der Waals surface area contributed by atoms with Crippen LogP contribution in [0.1, 0.15) is 27.9 Å². The van der Waals surface area contributed by atoms with E-state index in [1.165, 1.54) is 5.56 Å². The summed E-state index contributed by atoms with van der Waals surface area (Å²) in [7, 11) is 0. The SMILES string of the molecule is O=C(Cc1ccc2c(c1)B(O)CCC2)c1ccc(Cl)cc1.[CH3-].[Y]. The predicted octanol–water partition coefficient (Wildman–Crippen LogP) is 3.35. The Bertz CT molecular complexity index is 673. The number of ketones is 1. The van der Waals surface area contributed by atoms with E-state index in [0.717, 1.165) is 30.2 Å². The van der Waals surface area contributed by atoms with Crippen LogP contribution >= 0.6 is 11.6 Å². The smallest absolute Gasteiger partial charge is 0.323 e. The first-order valence-electron chi connectivity index (χ1n) is 7.22. The number of hydrogen-bond acceptors (Lipinski definition) is 2. The number of rotatable bonds is 3. The van der Waals surface area contributed by atoms with Crippen molar-refractivity contribution in [3.05, 3.63) is 71.6 Å². The molecule has 0 unspecified atom stereocenters. The van der Waals surface area contributed by atoms with E-state index in [1.807, 2.05) is 18.2 Å². The number of hydrogen-bond donors (Lipinski definition) is 1. The molecular weight excluding hydrogens is 383 g/mol. The number of halogens is 1. The Morgan fingerprint density at radius 2 is 1.87 bits per heavy atom. The van der Waals surface area contributed by atoms with Gasteiger partial charge in [0.05, 0.1) is 0 Å². The van der Waals surface area contributed by atoms with Crippen LogP contribution in [0.3, 0.4) is 0 Å². The van der Waals surface area contributed by atoms with E-state index in [9.17, 15) is 9.82 Å². The van der Waals surface area contributed by atoms with Gasteiger partial charge in [-0.05, 0) is 48.0 Å².